The summed E-state index contributed by atoms with van der Waals surface area (Å²) in [5, 5.41) is 2.97. The minimum atomic E-state index is 0.145. The molecule has 1 heterocycles. The standard InChI is InChI=1S/C17H27N3O2/c1-15(13-19-8-10-22-11-9-19)20(17(21)12-18-2)14-16-6-4-3-5-7-16/h3-7,15,18H,8-14H2,1-2H3. The first kappa shape index (κ1) is 16.9. The number of benzene rings is 1. The number of likely N-dealkylation sites (N-methyl/N-ethyl adjacent to an activating group) is 1. The highest BCUT2D eigenvalue weighted by atomic mass is 16.5. The lowest BCUT2D eigenvalue weighted by molar-refractivity contribution is -0.133. The summed E-state index contributed by atoms with van der Waals surface area (Å²) in [5.41, 5.74) is 1.17. The van der Waals surface area contributed by atoms with Gasteiger partial charge < -0.3 is 15.0 Å². The van der Waals surface area contributed by atoms with Crippen molar-refractivity contribution in [2.45, 2.75) is 19.5 Å². The van der Waals surface area contributed by atoms with Crippen LogP contribution < -0.4 is 5.32 Å². The molecule has 122 valence electrons. The maximum atomic E-state index is 12.5. The van der Waals surface area contributed by atoms with Crippen LogP contribution in [0.25, 0.3) is 0 Å². The zero-order chi connectivity index (χ0) is 15.8. The Balaban J connectivity index is 2.00. The number of carbonyl (C=O) groups excluding carboxylic acids is 1. The Hall–Kier alpha value is -1.43. The molecule has 1 aromatic carbocycles. The van der Waals surface area contributed by atoms with Crippen molar-refractivity contribution in [1.29, 1.82) is 0 Å². The highest BCUT2D eigenvalue weighted by Gasteiger charge is 2.22. The lowest BCUT2D eigenvalue weighted by atomic mass is 10.1. The fourth-order valence-corrected chi connectivity index (χ4v) is 2.78. The molecule has 1 aromatic rings. The van der Waals surface area contributed by atoms with Crippen molar-refractivity contribution in [3.8, 4) is 0 Å². The molecule has 1 aliphatic heterocycles. The van der Waals surface area contributed by atoms with Gasteiger partial charge in [0.15, 0.2) is 0 Å². The smallest absolute Gasteiger partial charge is 0.237 e. The van der Waals surface area contributed by atoms with E-state index in [-0.39, 0.29) is 11.9 Å². The van der Waals surface area contributed by atoms with E-state index in [2.05, 4.69) is 29.3 Å². The van der Waals surface area contributed by atoms with E-state index in [0.717, 1.165) is 32.8 Å². The lowest BCUT2D eigenvalue weighted by Gasteiger charge is -2.35. The number of hydrogen-bond donors (Lipinski definition) is 1. The molecule has 1 amide bonds. The second-order valence-electron chi connectivity index (χ2n) is 5.80. The van der Waals surface area contributed by atoms with Gasteiger partial charge in [-0.1, -0.05) is 30.3 Å². The van der Waals surface area contributed by atoms with Crippen LogP contribution in [0.1, 0.15) is 12.5 Å². The van der Waals surface area contributed by atoms with Crippen LogP contribution in [-0.2, 0) is 16.1 Å². The van der Waals surface area contributed by atoms with Gasteiger partial charge in [0.25, 0.3) is 0 Å². The molecule has 1 aliphatic rings. The molecule has 2 rings (SSSR count). The quantitative estimate of drug-likeness (QED) is 0.815. The Morgan fingerprint density at radius 2 is 2.00 bits per heavy atom. The number of morpholine rings is 1. The zero-order valence-electron chi connectivity index (χ0n) is 13.6. The molecule has 1 unspecified atom stereocenters. The number of rotatable bonds is 7. The van der Waals surface area contributed by atoms with E-state index < -0.39 is 0 Å². The van der Waals surface area contributed by atoms with Gasteiger partial charge in [-0.3, -0.25) is 9.69 Å². The molecule has 0 aliphatic carbocycles. The fraction of sp³-hybridized carbons (Fsp3) is 0.588. The van der Waals surface area contributed by atoms with E-state index in [1.54, 1.807) is 0 Å². The Morgan fingerprint density at radius 3 is 2.64 bits per heavy atom. The third kappa shape index (κ3) is 5.09. The SMILES string of the molecule is CNCC(=O)N(Cc1ccccc1)C(C)CN1CCOCC1. The van der Waals surface area contributed by atoms with Gasteiger partial charge in [0.1, 0.15) is 0 Å². The molecule has 1 saturated heterocycles. The normalized spacial score (nSPS) is 17.2. The van der Waals surface area contributed by atoms with E-state index >= 15 is 0 Å². The van der Waals surface area contributed by atoms with Crippen molar-refractivity contribution in [2.75, 3.05) is 46.4 Å². The summed E-state index contributed by atoms with van der Waals surface area (Å²) < 4.78 is 5.39. The number of nitrogens with one attached hydrogen (secondary N) is 1. The molecule has 1 N–H and O–H groups in total. The third-order valence-corrected chi connectivity index (χ3v) is 4.00. The van der Waals surface area contributed by atoms with Crippen LogP contribution in [0.15, 0.2) is 30.3 Å². The maximum absolute atomic E-state index is 12.5. The minimum absolute atomic E-state index is 0.145. The second kappa shape index (κ2) is 8.88. The first-order chi connectivity index (χ1) is 10.7. The van der Waals surface area contributed by atoms with E-state index in [1.165, 1.54) is 5.56 Å². The number of hydrogen-bond acceptors (Lipinski definition) is 4. The van der Waals surface area contributed by atoms with Crippen LogP contribution in [0.4, 0.5) is 0 Å². The van der Waals surface area contributed by atoms with Crippen molar-refractivity contribution >= 4 is 5.91 Å². The predicted octanol–water partition coefficient (Wildman–Crippen LogP) is 0.955. The number of nitrogens with zero attached hydrogens (tertiary/aromatic N) is 2. The summed E-state index contributed by atoms with van der Waals surface area (Å²) >= 11 is 0. The Morgan fingerprint density at radius 1 is 1.32 bits per heavy atom. The maximum Gasteiger partial charge on any atom is 0.237 e. The summed E-state index contributed by atoms with van der Waals surface area (Å²) in [6.07, 6.45) is 0. The number of amides is 1. The van der Waals surface area contributed by atoms with Crippen molar-refractivity contribution < 1.29 is 9.53 Å². The zero-order valence-corrected chi connectivity index (χ0v) is 13.6. The van der Waals surface area contributed by atoms with Gasteiger partial charge in [-0.05, 0) is 19.5 Å². The van der Waals surface area contributed by atoms with E-state index in [0.29, 0.717) is 13.1 Å². The summed E-state index contributed by atoms with van der Waals surface area (Å²) in [6, 6.07) is 10.4. The topological polar surface area (TPSA) is 44.8 Å². The molecule has 1 fully saturated rings. The van der Waals surface area contributed by atoms with E-state index in [4.69, 9.17) is 4.74 Å². The van der Waals surface area contributed by atoms with Gasteiger partial charge >= 0.3 is 0 Å². The van der Waals surface area contributed by atoms with E-state index in [9.17, 15) is 4.79 Å². The first-order valence-corrected chi connectivity index (χ1v) is 7.99. The molecule has 0 bridgehead atoms. The summed E-state index contributed by atoms with van der Waals surface area (Å²) in [4.78, 5) is 16.8. The third-order valence-electron chi connectivity index (χ3n) is 4.00. The fourth-order valence-electron chi connectivity index (χ4n) is 2.78. The second-order valence-corrected chi connectivity index (χ2v) is 5.80. The summed E-state index contributed by atoms with van der Waals surface area (Å²) in [7, 11) is 1.81. The molecular formula is C17H27N3O2. The Labute approximate surface area is 133 Å². The Bertz CT molecular complexity index is 446. The molecule has 0 aromatic heterocycles. The average Bonchev–Trinajstić information content (AvgIpc) is 2.54. The molecule has 0 spiro atoms. The lowest BCUT2D eigenvalue weighted by Crippen LogP contribution is -2.49. The minimum Gasteiger partial charge on any atom is -0.379 e. The summed E-state index contributed by atoms with van der Waals surface area (Å²) in [5.74, 6) is 0.145. The van der Waals surface area contributed by atoms with Crippen LogP contribution in [0.3, 0.4) is 0 Å². The van der Waals surface area contributed by atoms with Crippen molar-refractivity contribution in [3.63, 3.8) is 0 Å². The van der Waals surface area contributed by atoms with Gasteiger partial charge in [0, 0.05) is 32.2 Å². The van der Waals surface area contributed by atoms with Gasteiger partial charge in [0.05, 0.1) is 19.8 Å². The predicted molar refractivity (Wildman–Crippen MR) is 87.6 cm³/mol. The van der Waals surface area contributed by atoms with Crippen LogP contribution in [0, 0.1) is 0 Å². The van der Waals surface area contributed by atoms with Crippen LogP contribution >= 0.6 is 0 Å². The average molecular weight is 305 g/mol. The number of carbonyl (C=O) groups is 1. The van der Waals surface area contributed by atoms with Gasteiger partial charge in [-0.15, -0.1) is 0 Å². The number of ether oxygens (including phenoxy) is 1. The molecule has 1 atom stereocenters. The molecule has 22 heavy (non-hydrogen) atoms. The highest BCUT2D eigenvalue weighted by Crippen LogP contribution is 2.11. The van der Waals surface area contributed by atoms with Crippen LogP contribution in [0.2, 0.25) is 0 Å². The van der Waals surface area contributed by atoms with Gasteiger partial charge in [-0.25, -0.2) is 0 Å². The monoisotopic (exact) mass is 305 g/mol. The van der Waals surface area contributed by atoms with Gasteiger partial charge in [0.2, 0.25) is 5.91 Å². The molecule has 5 nitrogen and oxygen atoms in total. The molecular weight excluding hydrogens is 278 g/mol. The molecule has 5 heteroatoms. The molecule has 0 radical (unpaired) electrons. The largest absolute Gasteiger partial charge is 0.379 e. The Kier molecular flexibility index (Phi) is 6.83. The first-order valence-electron chi connectivity index (χ1n) is 7.99. The highest BCUT2D eigenvalue weighted by molar-refractivity contribution is 5.78. The van der Waals surface area contributed by atoms with Crippen LogP contribution in [0.5, 0.6) is 0 Å². The van der Waals surface area contributed by atoms with Crippen LogP contribution in [-0.4, -0.2) is 68.2 Å². The van der Waals surface area contributed by atoms with Crippen molar-refractivity contribution in [2.24, 2.45) is 0 Å². The van der Waals surface area contributed by atoms with Gasteiger partial charge in [-0.2, -0.15) is 0 Å². The van der Waals surface area contributed by atoms with Crippen molar-refractivity contribution in [1.82, 2.24) is 15.1 Å². The van der Waals surface area contributed by atoms with Crippen molar-refractivity contribution in [3.05, 3.63) is 35.9 Å². The summed E-state index contributed by atoms with van der Waals surface area (Å²) in [6.45, 7) is 7.53. The molecule has 0 saturated carbocycles. The van der Waals surface area contributed by atoms with E-state index in [1.807, 2.05) is 30.1 Å².